The van der Waals surface area contributed by atoms with E-state index in [2.05, 4.69) is 17.4 Å². The molecule has 1 atom stereocenters. The molecule has 0 spiro atoms. The van der Waals surface area contributed by atoms with Gasteiger partial charge in [-0.25, -0.2) is 9.59 Å². The van der Waals surface area contributed by atoms with Gasteiger partial charge in [-0.3, -0.25) is 0 Å². The van der Waals surface area contributed by atoms with Gasteiger partial charge in [0.25, 0.3) is 0 Å². The van der Waals surface area contributed by atoms with Crippen molar-refractivity contribution in [1.82, 2.24) is 5.32 Å². The highest BCUT2D eigenvalue weighted by atomic mass is 16.7. The van der Waals surface area contributed by atoms with Crippen LogP contribution in [0.25, 0.3) is 11.1 Å². The van der Waals surface area contributed by atoms with Gasteiger partial charge in [0.15, 0.2) is 11.5 Å². The van der Waals surface area contributed by atoms with Crippen LogP contribution in [-0.4, -0.2) is 36.6 Å². The van der Waals surface area contributed by atoms with Crippen molar-refractivity contribution in [3.8, 4) is 22.6 Å². The molecule has 32 heavy (non-hydrogen) atoms. The van der Waals surface area contributed by atoms with Gasteiger partial charge in [0.2, 0.25) is 6.79 Å². The molecule has 1 amide bonds. The average molecular weight is 431 g/mol. The van der Waals surface area contributed by atoms with Crippen LogP contribution < -0.4 is 14.8 Å². The Balaban J connectivity index is 1.25. The molecule has 0 aromatic heterocycles. The van der Waals surface area contributed by atoms with Crippen molar-refractivity contribution in [3.05, 3.63) is 83.4 Å². The number of alkyl carbamates (subject to hydrolysis) is 1. The SMILES string of the molecule is O=C(N[C@@H](Cc1ccc2c(c1)OCO2)C(=O)O)OCC1c2ccccc2-c2ccccc21. The van der Waals surface area contributed by atoms with Crippen LogP contribution in [0.1, 0.15) is 22.6 Å². The Hall–Kier alpha value is -4.00. The zero-order valence-electron chi connectivity index (χ0n) is 17.1. The van der Waals surface area contributed by atoms with E-state index in [1.165, 1.54) is 0 Å². The fourth-order valence-electron chi connectivity index (χ4n) is 4.29. The van der Waals surface area contributed by atoms with E-state index in [0.717, 1.165) is 22.3 Å². The van der Waals surface area contributed by atoms with Gasteiger partial charge in [0.05, 0.1) is 0 Å². The Kier molecular flexibility index (Phi) is 5.15. The van der Waals surface area contributed by atoms with E-state index in [1.807, 2.05) is 36.4 Å². The summed E-state index contributed by atoms with van der Waals surface area (Å²) in [5.41, 5.74) is 5.15. The normalized spacial score (nSPS) is 14.4. The van der Waals surface area contributed by atoms with E-state index in [9.17, 15) is 14.7 Å². The summed E-state index contributed by atoms with van der Waals surface area (Å²) >= 11 is 0. The highest BCUT2D eigenvalue weighted by molar-refractivity contribution is 5.81. The lowest BCUT2D eigenvalue weighted by Gasteiger charge is -2.17. The van der Waals surface area contributed by atoms with E-state index in [-0.39, 0.29) is 25.7 Å². The van der Waals surface area contributed by atoms with E-state index < -0.39 is 18.1 Å². The number of ether oxygens (including phenoxy) is 3. The number of fused-ring (bicyclic) bond motifs is 4. The molecule has 3 aromatic carbocycles. The number of hydrogen-bond donors (Lipinski definition) is 2. The molecule has 0 saturated heterocycles. The van der Waals surface area contributed by atoms with Crippen LogP contribution in [0.3, 0.4) is 0 Å². The third kappa shape index (κ3) is 3.73. The number of carboxylic acids is 1. The van der Waals surface area contributed by atoms with Gasteiger partial charge in [-0.15, -0.1) is 0 Å². The average Bonchev–Trinajstić information content (AvgIpc) is 3.39. The van der Waals surface area contributed by atoms with Gasteiger partial charge < -0.3 is 24.6 Å². The van der Waals surface area contributed by atoms with Crippen molar-refractivity contribution < 1.29 is 28.9 Å². The molecule has 3 aromatic rings. The van der Waals surface area contributed by atoms with Crippen LogP contribution >= 0.6 is 0 Å². The third-order valence-corrected chi connectivity index (χ3v) is 5.81. The van der Waals surface area contributed by atoms with E-state index in [0.29, 0.717) is 17.1 Å². The van der Waals surface area contributed by atoms with E-state index in [1.54, 1.807) is 18.2 Å². The smallest absolute Gasteiger partial charge is 0.407 e. The maximum absolute atomic E-state index is 12.5. The molecule has 5 rings (SSSR count). The molecule has 0 bridgehead atoms. The van der Waals surface area contributed by atoms with Crippen LogP contribution in [-0.2, 0) is 16.0 Å². The topological polar surface area (TPSA) is 94.1 Å². The van der Waals surface area contributed by atoms with E-state index >= 15 is 0 Å². The molecule has 0 fully saturated rings. The van der Waals surface area contributed by atoms with Crippen LogP contribution in [0.5, 0.6) is 11.5 Å². The summed E-state index contributed by atoms with van der Waals surface area (Å²) in [7, 11) is 0. The molecule has 162 valence electrons. The molecular weight excluding hydrogens is 410 g/mol. The second-order valence-corrected chi connectivity index (χ2v) is 7.75. The summed E-state index contributed by atoms with van der Waals surface area (Å²) < 4.78 is 16.1. The number of amides is 1. The lowest BCUT2D eigenvalue weighted by molar-refractivity contribution is -0.139. The maximum Gasteiger partial charge on any atom is 0.407 e. The lowest BCUT2D eigenvalue weighted by atomic mass is 9.98. The van der Waals surface area contributed by atoms with Crippen LogP contribution in [0.4, 0.5) is 4.79 Å². The number of aliphatic carboxylic acids is 1. The molecule has 1 aliphatic heterocycles. The number of carboxylic acid groups (broad SMARTS) is 1. The molecular formula is C25H21NO6. The van der Waals surface area contributed by atoms with Crippen LogP contribution in [0.2, 0.25) is 0 Å². The van der Waals surface area contributed by atoms with Gasteiger partial charge in [-0.05, 0) is 39.9 Å². The largest absolute Gasteiger partial charge is 0.480 e. The molecule has 2 N–H and O–H groups in total. The van der Waals surface area contributed by atoms with Crippen molar-refractivity contribution in [2.45, 2.75) is 18.4 Å². The first-order chi connectivity index (χ1) is 15.6. The second-order valence-electron chi connectivity index (χ2n) is 7.75. The monoisotopic (exact) mass is 431 g/mol. The Bertz CT molecular complexity index is 1150. The predicted molar refractivity (Wildman–Crippen MR) is 116 cm³/mol. The predicted octanol–water partition coefficient (Wildman–Crippen LogP) is 3.95. The Morgan fingerprint density at radius 3 is 2.31 bits per heavy atom. The molecule has 2 aliphatic rings. The van der Waals surface area contributed by atoms with Gasteiger partial charge in [-0.1, -0.05) is 54.6 Å². The first-order valence-electron chi connectivity index (χ1n) is 10.3. The minimum Gasteiger partial charge on any atom is -0.480 e. The number of nitrogens with one attached hydrogen (secondary N) is 1. The van der Waals surface area contributed by atoms with Gasteiger partial charge in [0.1, 0.15) is 12.6 Å². The maximum atomic E-state index is 12.5. The molecule has 0 unspecified atom stereocenters. The standard InChI is InChI=1S/C25H21NO6/c27-24(28)21(11-15-9-10-22-23(12-15)32-14-31-22)26-25(29)30-13-20-18-7-3-1-5-16(18)17-6-2-4-8-19(17)20/h1-10,12,20-21H,11,13-14H2,(H,26,29)(H,27,28)/t21-/m0/s1. The van der Waals surface area contributed by atoms with Crippen molar-refractivity contribution in [2.24, 2.45) is 0 Å². The summed E-state index contributed by atoms with van der Waals surface area (Å²) in [6, 6.07) is 20.1. The van der Waals surface area contributed by atoms with E-state index in [4.69, 9.17) is 14.2 Å². The third-order valence-electron chi connectivity index (χ3n) is 5.81. The highest BCUT2D eigenvalue weighted by Gasteiger charge is 2.30. The second kappa shape index (κ2) is 8.26. The number of carbonyl (C=O) groups is 2. The zero-order chi connectivity index (χ0) is 22.1. The quantitative estimate of drug-likeness (QED) is 0.614. The molecule has 1 aliphatic carbocycles. The summed E-state index contributed by atoms with van der Waals surface area (Å²) in [4.78, 5) is 24.2. The Morgan fingerprint density at radius 2 is 1.62 bits per heavy atom. The first kappa shape index (κ1) is 19.9. The summed E-state index contributed by atoms with van der Waals surface area (Å²) in [5, 5.41) is 12.1. The van der Waals surface area contributed by atoms with Crippen molar-refractivity contribution in [3.63, 3.8) is 0 Å². The van der Waals surface area contributed by atoms with Crippen molar-refractivity contribution >= 4 is 12.1 Å². The number of rotatable bonds is 6. The summed E-state index contributed by atoms with van der Waals surface area (Å²) in [6.07, 6.45) is -0.670. The van der Waals surface area contributed by atoms with Crippen LogP contribution in [0.15, 0.2) is 66.7 Å². The summed E-state index contributed by atoms with van der Waals surface area (Å²) in [6.45, 7) is 0.259. The molecule has 7 nitrogen and oxygen atoms in total. The van der Waals surface area contributed by atoms with Gasteiger partial charge in [-0.2, -0.15) is 0 Å². The minimum absolute atomic E-state index is 0.0923. The minimum atomic E-state index is -1.14. The number of carbonyl (C=O) groups excluding carboxylic acids is 1. The van der Waals surface area contributed by atoms with Crippen molar-refractivity contribution in [1.29, 1.82) is 0 Å². The molecule has 0 radical (unpaired) electrons. The number of hydrogen-bond acceptors (Lipinski definition) is 5. The van der Waals surface area contributed by atoms with Crippen LogP contribution in [0, 0.1) is 0 Å². The van der Waals surface area contributed by atoms with Gasteiger partial charge in [0, 0.05) is 12.3 Å². The zero-order valence-corrected chi connectivity index (χ0v) is 17.1. The van der Waals surface area contributed by atoms with Gasteiger partial charge >= 0.3 is 12.1 Å². The number of benzene rings is 3. The molecule has 1 heterocycles. The van der Waals surface area contributed by atoms with Crippen molar-refractivity contribution in [2.75, 3.05) is 13.4 Å². The molecule has 0 saturated carbocycles. The Labute approximate surface area is 184 Å². The summed E-state index contributed by atoms with van der Waals surface area (Å²) in [5.74, 6) is -0.0561. The first-order valence-corrected chi connectivity index (χ1v) is 10.3. The Morgan fingerprint density at radius 1 is 0.969 bits per heavy atom. The fraction of sp³-hybridized carbons (Fsp3) is 0.200. The fourth-order valence-corrected chi connectivity index (χ4v) is 4.29. The lowest BCUT2D eigenvalue weighted by Crippen LogP contribution is -2.42. The molecule has 7 heteroatoms. The highest BCUT2D eigenvalue weighted by Crippen LogP contribution is 2.44.